The van der Waals surface area contributed by atoms with Crippen LogP contribution in [0, 0.1) is 11.2 Å². The fourth-order valence-electron chi connectivity index (χ4n) is 4.13. The highest BCUT2D eigenvalue weighted by Crippen LogP contribution is 2.50. The highest BCUT2D eigenvalue weighted by Gasteiger charge is 2.53. The Kier molecular flexibility index (Phi) is 3.51. The fraction of sp³-hybridized carbons (Fsp3) is 0.562. The molecular formula is C16H18ClFN2O3. The first kappa shape index (κ1) is 15.2. The SMILES string of the molecule is O=C1Nc2ccc(Cl)c(F)c2C2(CNCC3(CCOCC3)C2)O1. The molecule has 2 N–H and O–H groups in total. The first-order valence-electron chi connectivity index (χ1n) is 7.81. The third-order valence-corrected chi connectivity index (χ3v) is 5.49. The van der Waals surface area contributed by atoms with Gasteiger partial charge in [-0.3, -0.25) is 5.32 Å². The second kappa shape index (κ2) is 5.33. The molecule has 0 bridgehead atoms. The number of hydrogen-bond acceptors (Lipinski definition) is 4. The molecule has 1 unspecified atom stereocenters. The second-order valence-corrected chi connectivity index (χ2v) is 7.09. The molecule has 1 atom stereocenters. The van der Waals surface area contributed by atoms with Crippen LogP contribution in [0.2, 0.25) is 5.02 Å². The number of benzene rings is 1. The van der Waals surface area contributed by atoms with E-state index in [1.807, 2.05) is 0 Å². The minimum atomic E-state index is -1.03. The molecule has 1 amide bonds. The molecule has 3 aliphatic heterocycles. The van der Waals surface area contributed by atoms with Crippen molar-refractivity contribution in [2.24, 2.45) is 5.41 Å². The second-order valence-electron chi connectivity index (χ2n) is 6.69. The molecule has 2 spiro atoms. The number of ether oxygens (including phenoxy) is 2. The zero-order chi connectivity index (χ0) is 16.1. The van der Waals surface area contributed by atoms with Crippen molar-refractivity contribution < 1.29 is 18.7 Å². The van der Waals surface area contributed by atoms with Crippen LogP contribution in [0.15, 0.2) is 12.1 Å². The number of nitrogens with one attached hydrogen (secondary N) is 2. The van der Waals surface area contributed by atoms with Crippen molar-refractivity contribution in [3.63, 3.8) is 0 Å². The largest absolute Gasteiger partial charge is 0.436 e. The highest BCUT2D eigenvalue weighted by molar-refractivity contribution is 6.31. The lowest BCUT2D eigenvalue weighted by Crippen LogP contribution is -2.58. The number of piperidine rings is 1. The fourth-order valence-corrected chi connectivity index (χ4v) is 4.29. The van der Waals surface area contributed by atoms with E-state index in [4.69, 9.17) is 21.1 Å². The molecule has 1 aromatic rings. The maximum Gasteiger partial charge on any atom is 0.412 e. The van der Waals surface area contributed by atoms with Gasteiger partial charge in [0.1, 0.15) is 0 Å². The van der Waals surface area contributed by atoms with E-state index in [2.05, 4.69) is 10.6 Å². The van der Waals surface area contributed by atoms with Crippen LogP contribution in [0.5, 0.6) is 0 Å². The van der Waals surface area contributed by atoms with Gasteiger partial charge in [-0.25, -0.2) is 9.18 Å². The summed E-state index contributed by atoms with van der Waals surface area (Å²) in [7, 11) is 0. The lowest BCUT2D eigenvalue weighted by molar-refractivity contribution is -0.0865. The Hall–Kier alpha value is -1.37. The molecule has 5 nitrogen and oxygen atoms in total. The number of halogens is 2. The normalized spacial score (nSPS) is 29.0. The molecular weight excluding hydrogens is 323 g/mol. The topological polar surface area (TPSA) is 59.6 Å². The maximum absolute atomic E-state index is 14.8. The zero-order valence-electron chi connectivity index (χ0n) is 12.6. The van der Waals surface area contributed by atoms with Crippen LogP contribution in [0.3, 0.4) is 0 Å². The number of anilines is 1. The average molecular weight is 341 g/mol. The monoisotopic (exact) mass is 340 g/mol. The summed E-state index contributed by atoms with van der Waals surface area (Å²) < 4.78 is 25.9. The first-order chi connectivity index (χ1) is 11.0. The number of carbonyl (C=O) groups is 1. The van der Waals surface area contributed by atoms with Gasteiger partial charge in [-0.15, -0.1) is 0 Å². The van der Waals surface area contributed by atoms with Gasteiger partial charge in [-0.05, 0) is 30.4 Å². The summed E-state index contributed by atoms with van der Waals surface area (Å²) in [6, 6.07) is 3.09. The minimum Gasteiger partial charge on any atom is -0.436 e. The zero-order valence-corrected chi connectivity index (χ0v) is 13.3. The van der Waals surface area contributed by atoms with Gasteiger partial charge in [0.15, 0.2) is 11.4 Å². The van der Waals surface area contributed by atoms with Gasteiger partial charge in [0, 0.05) is 32.7 Å². The molecule has 2 saturated heterocycles. The Balaban J connectivity index is 1.81. The van der Waals surface area contributed by atoms with Crippen LogP contribution in [-0.4, -0.2) is 32.4 Å². The molecule has 0 aromatic heterocycles. The Morgan fingerprint density at radius 3 is 2.78 bits per heavy atom. The van der Waals surface area contributed by atoms with Crippen molar-refractivity contribution in [2.75, 3.05) is 31.6 Å². The van der Waals surface area contributed by atoms with Gasteiger partial charge in [0.05, 0.1) is 16.3 Å². The smallest absolute Gasteiger partial charge is 0.412 e. The summed E-state index contributed by atoms with van der Waals surface area (Å²) in [6.45, 7) is 2.55. The van der Waals surface area contributed by atoms with Gasteiger partial charge in [-0.2, -0.15) is 0 Å². The van der Waals surface area contributed by atoms with Crippen LogP contribution in [-0.2, 0) is 15.1 Å². The Labute approximate surface area is 138 Å². The Bertz CT molecular complexity index is 657. The molecule has 1 aromatic carbocycles. The molecule has 0 aliphatic carbocycles. The van der Waals surface area contributed by atoms with E-state index in [0.29, 0.717) is 37.4 Å². The molecule has 23 heavy (non-hydrogen) atoms. The molecule has 0 radical (unpaired) electrons. The summed E-state index contributed by atoms with van der Waals surface area (Å²) in [5, 5.41) is 5.96. The summed E-state index contributed by atoms with van der Waals surface area (Å²) in [4.78, 5) is 12.0. The first-order valence-corrected chi connectivity index (χ1v) is 8.18. The van der Waals surface area contributed by atoms with Gasteiger partial charge in [0.2, 0.25) is 0 Å². The molecule has 4 rings (SSSR count). The van der Waals surface area contributed by atoms with Crippen molar-refractivity contribution >= 4 is 23.4 Å². The van der Waals surface area contributed by atoms with Crippen LogP contribution in [0.4, 0.5) is 14.9 Å². The maximum atomic E-state index is 14.8. The van der Waals surface area contributed by atoms with Crippen molar-refractivity contribution in [2.45, 2.75) is 24.9 Å². The summed E-state index contributed by atoms with van der Waals surface area (Å²) in [5.74, 6) is -0.518. The van der Waals surface area contributed by atoms with E-state index in [1.54, 1.807) is 6.07 Å². The van der Waals surface area contributed by atoms with Crippen molar-refractivity contribution in [1.82, 2.24) is 5.32 Å². The van der Waals surface area contributed by atoms with Crippen molar-refractivity contribution in [3.05, 3.63) is 28.5 Å². The summed E-state index contributed by atoms with van der Waals surface area (Å²) in [5.41, 5.74) is -0.292. The van der Waals surface area contributed by atoms with Crippen LogP contribution >= 0.6 is 11.6 Å². The molecule has 3 aliphatic rings. The predicted molar refractivity (Wildman–Crippen MR) is 83.2 cm³/mol. The lowest BCUT2D eigenvalue weighted by atomic mass is 9.67. The summed E-state index contributed by atoms with van der Waals surface area (Å²) in [6.07, 6.45) is 1.76. The van der Waals surface area contributed by atoms with Crippen molar-refractivity contribution in [1.29, 1.82) is 0 Å². The molecule has 3 heterocycles. The number of hydrogen-bond donors (Lipinski definition) is 2. The van der Waals surface area contributed by atoms with Gasteiger partial charge < -0.3 is 14.8 Å². The molecule has 7 heteroatoms. The van der Waals surface area contributed by atoms with Crippen molar-refractivity contribution in [3.8, 4) is 0 Å². The molecule has 124 valence electrons. The van der Waals surface area contributed by atoms with Gasteiger partial charge in [-0.1, -0.05) is 11.6 Å². The Morgan fingerprint density at radius 2 is 2.00 bits per heavy atom. The van der Waals surface area contributed by atoms with Gasteiger partial charge in [0.25, 0.3) is 0 Å². The standard InChI is InChI=1S/C16H18ClFN2O3/c17-10-1-2-11-12(13(10)18)16(23-14(21)20-11)7-15(8-19-9-16)3-5-22-6-4-15/h1-2,19H,3-9H2,(H,20,21). The highest BCUT2D eigenvalue weighted by atomic mass is 35.5. The third-order valence-electron chi connectivity index (χ3n) is 5.20. The number of carbonyl (C=O) groups excluding carboxylic acids is 1. The molecule has 0 saturated carbocycles. The van der Waals surface area contributed by atoms with E-state index in [-0.39, 0.29) is 10.4 Å². The quantitative estimate of drug-likeness (QED) is 0.762. The number of fused-ring (bicyclic) bond motifs is 2. The third kappa shape index (κ3) is 2.40. The van der Waals surface area contributed by atoms with E-state index in [9.17, 15) is 9.18 Å². The van der Waals surface area contributed by atoms with E-state index in [1.165, 1.54) is 6.07 Å². The minimum absolute atomic E-state index is 0.0366. The van der Waals surface area contributed by atoms with E-state index < -0.39 is 17.5 Å². The van der Waals surface area contributed by atoms with Crippen LogP contribution in [0.1, 0.15) is 24.8 Å². The van der Waals surface area contributed by atoms with E-state index >= 15 is 0 Å². The predicted octanol–water partition coefficient (Wildman–Crippen LogP) is 3.03. The number of amides is 1. The summed E-state index contributed by atoms with van der Waals surface area (Å²) >= 11 is 5.98. The number of rotatable bonds is 0. The van der Waals surface area contributed by atoms with E-state index in [0.717, 1.165) is 19.4 Å². The lowest BCUT2D eigenvalue weighted by Gasteiger charge is -2.50. The Morgan fingerprint density at radius 1 is 1.22 bits per heavy atom. The van der Waals surface area contributed by atoms with Crippen LogP contribution < -0.4 is 10.6 Å². The van der Waals surface area contributed by atoms with Crippen LogP contribution in [0.25, 0.3) is 0 Å². The molecule has 2 fully saturated rings. The average Bonchev–Trinajstić information content (AvgIpc) is 2.51. The van der Waals surface area contributed by atoms with Gasteiger partial charge >= 0.3 is 6.09 Å².